The zero-order valence-corrected chi connectivity index (χ0v) is 16.7. The number of fused-ring (bicyclic) bond motifs is 1. The molecule has 6 nitrogen and oxygen atoms in total. The van der Waals surface area contributed by atoms with Crippen LogP contribution in [0.25, 0.3) is 28.2 Å². The molecule has 0 saturated carbocycles. The number of nitrogens with zero attached hydrogens (tertiary/aromatic N) is 3. The average molecular weight is 414 g/mol. The summed E-state index contributed by atoms with van der Waals surface area (Å²) in [5.74, 6) is 0.369. The molecule has 31 heavy (non-hydrogen) atoms. The predicted octanol–water partition coefficient (Wildman–Crippen LogP) is 5.34. The van der Waals surface area contributed by atoms with E-state index < -0.39 is 0 Å². The fourth-order valence-electron chi connectivity index (χ4n) is 3.61. The lowest BCUT2D eigenvalue weighted by atomic mass is 10.0. The van der Waals surface area contributed by atoms with Gasteiger partial charge in [-0.15, -0.1) is 0 Å². The van der Waals surface area contributed by atoms with Gasteiger partial charge in [-0.25, -0.2) is 14.4 Å². The number of aromatic nitrogens is 3. The molecule has 3 aromatic heterocycles. The van der Waals surface area contributed by atoms with Crippen LogP contribution in [-0.2, 0) is 6.61 Å². The van der Waals surface area contributed by atoms with Gasteiger partial charge in [0.1, 0.15) is 5.82 Å². The Balaban J connectivity index is 1.50. The van der Waals surface area contributed by atoms with Gasteiger partial charge in [-0.2, -0.15) is 0 Å². The number of nitrogens with one attached hydrogen (secondary N) is 1. The Morgan fingerprint density at radius 2 is 1.97 bits per heavy atom. The minimum absolute atomic E-state index is 0.132. The number of anilines is 2. The summed E-state index contributed by atoms with van der Waals surface area (Å²) in [6.07, 6.45) is 5.22. The van der Waals surface area contributed by atoms with Gasteiger partial charge in [-0.05, 0) is 67.1 Å². The highest BCUT2D eigenvalue weighted by Gasteiger charge is 2.13. The van der Waals surface area contributed by atoms with Crippen molar-refractivity contribution in [1.82, 2.24) is 14.4 Å². The number of rotatable bonds is 5. The van der Waals surface area contributed by atoms with E-state index in [1.54, 1.807) is 12.1 Å². The number of pyridine rings is 1. The molecule has 5 rings (SSSR count). The van der Waals surface area contributed by atoms with E-state index in [9.17, 15) is 9.50 Å². The summed E-state index contributed by atoms with van der Waals surface area (Å²) >= 11 is 0. The molecule has 5 aromatic rings. The van der Waals surface area contributed by atoms with Crippen molar-refractivity contribution in [1.29, 1.82) is 0 Å². The first-order chi connectivity index (χ1) is 15.1. The third-order valence-corrected chi connectivity index (χ3v) is 5.17. The maximum absolute atomic E-state index is 13.3. The van der Waals surface area contributed by atoms with Crippen LogP contribution in [-0.4, -0.2) is 19.5 Å². The quantitative estimate of drug-likeness (QED) is 0.406. The van der Waals surface area contributed by atoms with Crippen LogP contribution >= 0.6 is 0 Å². The molecule has 0 amide bonds. The van der Waals surface area contributed by atoms with E-state index in [2.05, 4.69) is 10.3 Å². The fraction of sp³-hybridized carbons (Fsp3) is 0.0833. The topological polar surface area (TPSA) is 75.6 Å². The molecular formula is C24H19FN4O2. The van der Waals surface area contributed by atoms with Crippen molar-refractivity contribution in [3.63, 3.8) is 0 Å². The van der Waals surface area contributed by atoms with Gasteiger partial charge in [0.05, 0.1) is 23.7 Å². The molecule has 0 bridgehead atoms. The van der Waals surface area contributed by atoms with Crippen molar-refractivity contribution >= 4 is 17.0 Å². The number of oxazole rings is 1. The third-order valence-electron chi connectivity index (χ3n) is 5.17. The van der Waals surface area contributed by atoms with Crippen molar-refractivity contribution in [2.45, 2.75) is 13.5 Å². The molecule has 0 saturated heterocycles. The van der Waals surface area contributed by atoms with Crippen molar-refractivity contribution in [2.75, 3.05) is 5.32 Å². The normalized spacial score (nSPS) is 11.2. The lowest BCUT2D eigenvalue weighted by molar-refractivity contribution is 0.282. The molecule has 0 aliphatic heterocycles. The Kier molecular flexibility index (Phi) is 4.72. The monoisotopic (exact) mass is 414 g/mol. The van der Waals surface area contributed by atoms with Crippen LogP contribution in [0, 0.1) is 12.7 Å². The molecule has 0 fully saturated rings. The molecule has 0 aliphatic rings. The second-order valence-corrected chi connectivity index (χ2v) is 7.21. The fourth-order valence-corrected chi connectivity index (χ4v) is 3.61. The lowest BCUT2D eigenvalue weighted by Gasteiger charge is -2.11. The van der Waals surface area contributed by atoms with Crippen LogP contribution < -0.4 is 5.32 Å². The number of hydrogen-bond acceptors (Lipinski definition) is 5. The third kappa shape index (κ3) is 3.55. The second kappa shape index (κ2) is 7.70. The molecule has 3 heterocycles. The summed E-state index contributed by atoms with van der Waals surface area (Å²) < 4.78 is 20.7. The van der Waals surface area contributed by atoms with E-state index in [1.165, 1.54) is 18.5 Å². The van der Waals surface area contributed by atoms with Crippen LogP contribution in [0.5, 0.6) is 0 Å². The molecular weight excluding hydrogens is 395 g/mol. The average Bonchev–Trinajstić information content (AvgIpc) is 3.41. The Morgan fingerprint density at radius 3 is 2.71 bits per heavy atom. The van der Waals surface area contributed by atoms with Crippen LogP contribution in [0.2, 0.25) is 0 Å². The molecule has 7 heteroatoms. The molecule has 0 aliphatic carbocycles. The van der Waals surface area contributed by atoms with Crippen LogP contribution in [0.1, 0.15) is 11.3 Å². The number of hydrogen-bond donors (Lipinski definition) is 2. The molecule has 0 radical (unpaired) electrons. The highest BCUT2D eigenvalue weighted by atomic mass is 19.1. The highest BCUT2D eigenvalue weighted by molar-refractivity contribution is 5.78. The number of imidazole rings is 1. The Labute approximate surface area is 177 Å². The minimum atomic E-state index is -0.279. The van der Waals surface area contributed by atoms with E-state index >= 15 is 0 Å². The van der Waals surface area contributed by atoms with E-state index in [4.69, 9.17) is 9.40 Å². The maximum atomic E-state index is 13.3. The largest absolute Gasteiger partial charge is 0.443 e. The van der Waals surface area contributed by atoms with Gasteiger partial charge >= 0.3 is 0 Å². The number of halogens is 1. The first-order valence-corrected chi connectivity index (χ1v) is 9.77. The number of aliphatic hydroxyl groups is 1. The van der Waals surface area contributed by atoms with Gasteiger partial charge in [-0.1, -0.05) is 0 Å². The van der Waals surface area contributed by atoms with Gasteiger partial charge in [-0.3, -0.25) is 0 Å². The van der Waals surface area contributed by atoms with Crippen LogP contribution in [0.4, 0.5) is 15.8 Å². The van der Waals surface area contributed by atoms with Crippen molar-refractivity contribution in [2.24, 2.45) is 0 Å². The smallest absolute Gasteiger partial charge is 0.181 e. The number of benzene rings is 2. The second-order valence-electron chi connectivity index (χ2n) is 7.21. The van der Waals surface area contributed by atoms with E-state index in [-0.39, 0.29) is 12.4 Å². The van der Waals surface area contributed by atoms with Crippen molar-refractivity contribution in [3.05, 3.63) is 90.5 Å². The van der Waals surface area contributed by atoms with Crippen LogP contribution in [0.3, 0.4) is 0 Å². The van der Waals surface area contributed by atoms with Gasteiger partial charge in [0.2, 0.25) is 0 Å². The highest BCUT2D eigenvalue weighted by Crippen LogP contribution is 2.31. The molecule has 0 atom stereocenters. The maximum Gasteiger partial charge on any atom is 0.181 e. The summed E-state index contributed by atoms with van der Waals surface area (Å²) in [5.41, 5.74) is 6.25. The van der Waals surface area contributed by atoms with Gasteiger partial charge in [0.15, 0.2) is 17.8 Å². The minimum Gasteiger partial charge on any atom is -0.443 e. The molecule has 2 aromatic carbocycles. The van der Waals surface area contributed by atoms with Crippen molar-refractivity contribution < 1.29 is 13.9 Å². The summed E-state index contributed by atoms with van der Waals surface area (Å²) in [7, 11) is 0. The van der Waals surface area contributed by atoms with E-state index in [0.29, 0.717) is 5.76 Å². The zero-order chi connectivity index (χ0) is 21.4. The number of aryl methyl sites for hydroxylation is 1. The predicted molar refractivity (Wildman–Crippen MR) is 116 cm³/mol. The molecule has 0 unspecified atom stereocenters. The standard InChI is InChI=1S/C24H19FN4O2/c1-15-23(31-14-26-15)20-9-8-19(11-17(20)13-30)27-21-3-2-10-29-12-22(28-24(21)29)16-4-6-18(25)7-5-16/h2-12,14,27,30H,13H2,1H3. The lowest BCUT2D eigenvalue weighted by Crippen LogP contribution is -1.97. The molecule has 2 N–H and O–H groups in total. The number of aliphatic hydroxyl groups excluding tert-OH is 1. The zero-order valence-electron chi connectivity index (χ0n) is 16.7. The van der Waals surface area contributed by atoms with E-state index in [0.717, 1.165) is 45.1 Å². The molecule has 154 valence electrons. The van der Waals surface area contributed by atoms with Crippen molar-refractivity contribution in [3.8, 4) is 22.6 Å². The SMILES string of the molecule is Cc1ncoc1-c1ccc(Nc2cccn3cc(-c4ccc(F)cc4)nc23)cc1CO. The Morgan fingerprint density at radius 1 is 1.13 bits per heavy atom. The summed E-state index contributed by atoms with van der Waals surface area (Å²) in [6, 6.07) is 15.8. The summed E-state index contributed by atoms with van der Waals surface area (Å²) in [6.45, 7) is 1.73. The van der Waals surface area contributed by atoms with Gasteiger partial charge < -0.3 is 19.2 Å². The van der Waals surface area contributed by atoms with E-state index in [1.807, 2.05) is 54.0 Å². The first-order valence-electron chi connectivity index (χ1n) is 9.77. The first kappa shape index (κ1) is 19.0. The Hall–Kier alpha value is -3.97. The van der Waals surface area contributed by atoms with Crippen LogP contribution in [0.15, 0.2) is 77.8 Å². The summed E-state index contributed by atoms with van der Waals surface area (Å²) in [4.78, 5) is 8.86. The van der Waals surface area contributed by atoms with Gasteiger partial charge in [0, 0.05) is 29.2 Å². The van der Waals surface area contributed by atoms with Gasteiger partial charge in [0.25, 0.3) is 0 Å². The molecule has 0 spiro atoms. The Bertz CT molecular complexity index is 1370. The summed E-state index contributed by atoms with van der Waals surface area (Å²) in [5, 5.41) is 13.3.